The van der Waals surface area contributed by atoms with Crippen molar-refractivity contribution in [3.8, 4) is 0 Å². The Kier molecular flexibility index (Phi) is 6.24. The summed E-state index contributed by atoms with van der Waals surface area (Å²) in [5.41, 5.74) is 1.55. The van der Waals surface area contributed by atoms with Gasteiger partial charge in [-0.3, -0.25) is 9.59 Å². The van der Waals surface area contributed by atoms with Crippen molar-refractivity contribution in [1.82, 2.24) is 4.90 Å². The lowest BCUT2D eigenvalue weighted by Gasteiger charge is -2.36. The van der Waals surface area contributed by atoms with Gasteiger partial charge in [-0.05, 0) is 42.5 Å². The highest BCUT2D eigenvalue weighted by Gasteiger charge is 2.43. The first kappa shape index (κ1) is 21.3. The molecular formula is C19H16Cl2F3N3O2. The SMILES string of the molecule is O=C(Nc1ccc(N2CCN(C(=O)C(F)(F)F)CC2)cc1)c1cc(Cl)ccc1Cl. The molecule has 0 aromatic heterocycles. The average molecular weight is 446 g/mol. The monoisotopic (exact) mass is 445 g/mol. The van der Waals surface area contributed by atoms with Gasteiger partial charge in [0.2, 0.25) is 0 Å². The summed E-state index contributed by atoms with van der Waals surface area (Å²) in [4.78, 5) is 26.3. The van der Waals surface area contributed by atoms with Gasteiger partial charge in [-0.15, -0.1) is 0 Å². The molecule has 1 aliphatic rings. The van der Waals surface area contributed by atoms with Crippen LogP contribution in [0.5, 0.6) is 0 Å². The van der Waals surface area contributed by atoms with E-state index < -0.39 is 18.0 Å². The smallest absolute Gasteiger partial charge is 0.368 e. The van der Waals surface area contributed by atoms with Gasteiger partial charge in [-0.2, -0.15) is 13.2 Å². The summed E-state index contributed by atoms with van der Waals surface area (Å²) in [7, 11) is 0. The molecule has 10 heteroatoms. The molecule has 1 heterocycles. The van der Waals surface area contributed by atoms with Gasteiger partial charge < -0.3 is 15.1 Å². The van der Waals surface area contributed by atoms with Gasteiger partial charge in [0.1, 0.15) is 0 Å². The van der Waals surface area contributed by atoms with Crippen molar-refractivity contribution in [2.45, 2.75) is 6.18 Å². The van der Waals surface area contributed by atoms with Crippen molar-refractivity contribution in [2.24, 2.45) is 0 Å². The first-order valence-electron chi connectivity index (χ1n) is 8.62. The first-order chi connectivity index (χ1) is 13.6. The largest absolute Gasteiger partial charge is 0.471 e. The number of nitrogens with zero attached hydrogens (tertiary/aromatic N) is 2. The molecule has 29 heavy (non-hydrogen) atoms. The molecule has 0 unspecified atom stereocenters. The Hall–Kier alpha value is -2.45. The predicted molar refractivity (Wildman–Crippen MR) is 106 cm³/mol. The molecule has 1 aliphatic heterocycles. The van der Waals surface area contributed by atoms with Gasteiger partial charge in [-0.25, -0.2) is 0 Å². The van der Waals surface area contributed by atoms with E-state index >= 15 is 0 Å². The molecule has 154 valence electrons. The van der Waals surface area contributed by atoms with Gasteiger partial charge in [0.05, 0.1) is 10.6 Å². The van der Waals surface area contributed by atoms with E-state index in [4.69, 9.17) is 23.2 Å². The van der Waals surface area contributed by atoms with Crippen molar-refractivity contribution in [2.75, 3.05) is 36.4 Å². The number of hydrogen-bond donors (Lipinski definition) is 1. The van der Waals surface area contributed by atoms with E-state index in [2.05, 4.69) is 5.32 Å². The zero-order valence-electron chi connectivity index (χ0n) is 15.0. The molecule has 5 nitrogen and oxygen atoms in total. The van der Waals surface area contributed by atoms with Crippen LogP contribution in [0.25, 0.3) is 0 Å². The van der Waals surface area contributed by atoms with Crippen LogP contribution in [0.1, 0.15) is 10.4 Å². The van der Waals surface area contributed by atoms with E-state index in [0.29, 0.717) is 10.7 Å². The molecule has 2 amide bonds. The van der Waals surface area contributed by atoms with E-state index in [-0.39, 0.29) is 36.8 Å². The highest BCUT2D eigenvalue weighted by atomic mass is 35.5. The van der Waals surface area contributed by atoms with Crippen LogP contribution in [0.3, 0.4) is 0 Å². The predicted octanol–water partition coefficient (Wildman–Crippen LogP) is 4.46. The van der Waals surface area contributed by atoms with Crippen molar-refractivity contribution < 1.29 is 22.8 Å². The number of alkyl halides is 3. The zero-order valence-corrected chi connectivity index (χ0v) is 16.5. The number of amides is 2. The summed E-state index contributed by atoms with van der Waals surface area (Å²) >= 11 is 11.9. The topological polar surface area (TPSA) is 52.7 Å². The number of hydrogen-bond acceptors (Lipinski definition) is 3. The maximum atomic E-state index is 12.5. The Balaban J connectivity index is 1.60. The third-order valence-corrected chi connectivity index (χ3v) is 5.04. The van der Waals surface area contributed by atoms with Crippen LogP contribution in [0, 0.1) is 0 Å². The second-order valence-corrected chi connectivity index (χ2v) is 7.25. The number of nitrogens with one attached hydrogen (secondary N) is 1. The van der Waals surface area contributed by atoms with Crippen molar-refractivity contribution >= 4 is 46.4 Å². The van der Waals surface area contributed by atoms with Gasteiger partial charge in [0, 0.05) is 42.6 Å². The van der Waals surface area contributed by atoms with E-state index in [0.717, 1.165) is 10.6 Å². The molecule has 0 spiro atoms. The molecule has 2 aromatic carbocycles. The molecule has 3 rings (SSSR count). The van der Waals surface area contributed by atoms with Gasteiger partial charge in [0.25, 0.3) is 5.91 Å². The summed E-state index contributed by atoms with van der Waals surface area (Å²) in [5.74, 6) is -2.22. The van der Waals surface area contributed by atoms with Gasteiger partial charge >= 0.3 is 12.1 Å². The van der Waals surface area contributed by atoms with Crippen molar-refractivity contribution in [1.29, 1.82) is 0 Å². The quantitative estimate of drug-likeness (QED) is 0.758. The summed E-state index contributed by atoms with van der Waals surface area (Å²) in [6, 6.07) is 11.4. The number of anilines is 2. The van der Waals surface area contributed by atoms with Crippen LogP contribution in [0.2, 0.25) is 10.0 Å². The third kappa shape index (κ3) is 5.13. The number of piperazine rings is 1. The Bertz CT molecular complexity index is 912. The molecule has 0 saturated carbocycles. The Morgan fingerprint density at radius 3 is 2.14 bits per heavy atom. The number of carbonyl (C=O) groups excluding carboxylic acids is 2. The summed E-state index contributed by atoms with van der Waals surface area (Å²) < 4.78 is 37.6. The number of benzene rings is 2. The lowest BCUT2D eigenvalue weighted by atomic mass is 10.2. The summed E-state index contributed by atoms with van der Waals surface area (Å²) in [6.07, 6.45) is -4.85. The van der Waals surface area contributed by atoms with E-state index in [1.807, 2.05) is 4.90 Å². The van der Waals surface area contributed by atoms with E-state index in [1.54, 1.807) is 30.3 Å². The van der Waals surface area contributed by atoms with Crippen LogP contribution in [-0.4, -0.2) is 49.1 Å². The second-order valence-electron chi connectivity index (χ2n) is 6.40. The van der Waals surface area contributed by atoms with Crippen molar-refractivity contribution in [3.05, 3.63) is 58.1 Å². The van der Waals surface area contributed by atoms with E-state index in [1.165, 1.54) is 12.1 Å². The summed E-state index contributed by atoms with van der Waals surface area (Å²) in [5, 5.41) is 3.38. The van der Waals surface area contributed by atoms with Gasteiger partial charge in [-0.1, -0.05) is 23.2 Å². The molecular weight excluding hydrogens is 430 g/mol. The third-order valence-electron chi connectivity index (χ3n) is 4.47. The van der Waals surface area contributed by atoms with Crippen LogP contribution >= 0.6 is 23.2 Å². The van der Waals surface area contributed by atoms with E-state index in [9.17, 15) is 22.8 Å². The fourth-order valence-electron chi connectivity index (χ4n) is 2.97. The number of halogens is 5. The maximum Gasteiger partial charge on any atom is 0.471 e. The Morgan fingerprint density at radius 1 is 0.931 bits per heavy atom. The maximum absolute atomic E-state index is 12.5. The molecule has 0 aliphatic carbocycles. The molecule has 0 bridgehead atoms. The Labute approximate surface area is 175 Å². The fourth-order valence-corrected chi connectivity index (χ4v) is 3.35. The molecule has 1 saturated heterocycles. The highest BCUT2D eigenvalue weighted by molar-refractivity contribution is 6.36. The number of rotatable bonds is 3. The van der Waals surface area contributed by atoms with Crippen LogP contribution in [0.15, 0.2) is 42.5 Å². The molecule has 1 N–H and O–H groups in total. The minimum absolute atomic E-state index is 0.00983. The zero-order chi connectivity index (χ0) is 21.2. The molecule has 1 fully saturated rings. The minimum atomic E-state index is -4.85. The standard InChI is InChI=1S/C19H16Cl2F3N3O2/c20-12-1-6-16(21)15(11-12)17(28)25-13-2-4-14(5-3-13)26-7-9-27(10-8-26)18(29)19(22,23)24/h1-6,11H,7-10H2,(H,25,28). The second kappa shape index (κ2) is 8.51. The lowest BCUT2D eigenvalue weighted by Crippen LogP contribution is -2.52. The molecule has 0 atom stereocenters. The van der Waals surface area contributed by atoms with Gasteiger partial charge in [0.15, 0.2) is 0 Å². The lowest BCUT2D eigenvalue weighted by molar-refractivity contribution is -0.185. The summed E-state index contributed by atoms with van der Waals surface area (Å²) in [6.45, 7) is 0.547. The number of carbonyl (C=O) groups is 2. The first-order valence-corrected chi connectivity index (χ1v) is 9.38. The minimum Gasteiger partial charge on any atom is -0.368 e. The highest BCUT2D eigenvalue weighted by Crippen LogP contribution is 2.25. The van der Waals surface area contributed by atoms with Crippen LogP contribution in [0.4, 0.5) is 24.5 Å². The Morgan fingerprint density at radius 2 is 1.55 bits per heavy atom. The van der Waals surface area contributed by atoms with Crippen molar-refractivity contribution in [3.63, 3.8) is 0 Å². The van der Waals surface area contributed by atoms with Crippen LogP contribution < -0.4 is 10.2 Å². The fraction of sp³-hybridized carbons (Fsp3) is 0.263. The van der Waals surface area contributed by atoms with Crippen LogP contribution in [-0.2, 0) is 4.79 Å². The molecule has 0 radical (unpaired) electrons. The molecule has 2 aromatic rings. The average Bonchev–Trinajstić information content (AvgIpc) is 2.69. The normalized spacial score (nSPS) is 14.7.